The molecule has 1 aliphatic rings. The second-order valence-electron chi connectivity index (χ2n) is 6.72. The van der Waals surface area contributed by atoms with Gasteiger partial charge >= 0.3 is 5.97 Å². The SMILES string of the molecule is COc1ccc(/C=C/C(=O)OC2CN(c3nc4c(OC)cccc4s3)C2)cc1OC. The molecule has 3 aromatic rings. The van der Waals surface area contributed by atoms with E-state index in [9.17, 15) is 4.79 Å². The van der Waals surface area contributed by atoms with Crippen molar-refractivity contribution in [1.82, 2.24) is 4.98 Å². The summed E-state index contributed by atoms with van der Waals surface area (Å²) in [5.74, 6) is 1.63. The minimum atomic E-state index is -0.375. The molecule has 0 bridgehead atoms. The van der Waals surface area contributed by atoms with Crippen LogP contribution in [-0.2, 0) is 9.53 Å². The summed E-state index contributed by atoms with van der Waals surface area (Å²) in [4.78, 5) is 18.9. The highest BCUT2D eigenvalue weighted by Gasteiger charge is 2.32. The van der Waals surface area contributed by atoms with Gasteiger partial charge in [0.25, 0.3) is 0 Å². The van der Waals surface area contributed by atoms with Crippen molar-refractivity contribution in [3.63, 3.8) is 0 Å². The monoisotopic (exact) mass is 426 g/mol. The van der Waals surface area contributed by atoms with Crippen molar-refractivity contribution in [3.05, 3.63) is 48.0 Å². The molecule has 4 rings (SSSR count). The Morgan fingerprint density at radius 1 is 1.07 bits per heavy atom. The molecule has 2 aromatic carbocycles. The van der Waals surface area contributed by atoms with Crippen LogP contribution in [0, 0.1) is 0 Å². The minimum absolute atomic E-state index is 0.151. The van der Waals surface area contributed by atoms with Crippen LogP contribution in [0.3, 0.4) is 0 Å². The number of hydrogen-bond acceptors (Lipinski definition) is 8. The second kappa shape index (κ2) is 8.62. The number of benzene rings is 2. The minimum Gasteiger partial charge on any atom is -0.494 e. The Morgan fingerprint density at radius 2 is 1.83 bits per heavy atom. The molecule has 156 valence electrons. The first-order valence-electron chi connectivity index (χ1n) is 9.40. The van der Waals surface area contributed by atoms with E-state index >= 15 is 0 Å². The number of thiazole rings is 1. The molecule has 1 saturated heterocycles. The molecule has 7 nitrogen and oxygen atoms in total. The molecule has 1 aromatic heterocycles. The summed E-state index contributed by atoms with van der Waals surface area (Å²) in [7, 11) is 4.80. The Hall–Kier alpha value is -3.26. The number of esters is 1. The molecule has 0 unspecified atom stereocenters. The van der Waals surface area contributed by atoms with Crippen LogP contribution in [0.25, 0.3) is 16.3 Å². The summed E-state index contributed by atoms with van der Waals surface area (Å²) in [6, 6.07) is 11.3. The number of nitrogens with zero attached hydrogens (tertiary/aromatic N) is 2. The number of anilines is 1. The van der Waals surface area contributed by atoms with Gasteiger partial charge in [0, 0.05) is 6.08 Å². The van der Waals surface area contributed by atoms with Gasteiger partial charge in [-0.3, -0.25) is 0 Å². The van der Waals surface area contributed by atoms with Gasteiger partial charge in [0.15, 0.2) is 16.6 Å². The van der Waals surface area contributed by atoms with Crippen molar-refractivity contribution in [2.45, 2.75) is 6.10 Å². The summed E-state index contributed by atoms with van der Waals surface area (Å²) in [6.45, 7) is 1.25. The summed E-state index contributed by atoms with van der Waals surface area (Å²) >= 11 is 1.60. The van der Waals surface area contributed by atoms with Crippen LogP contribution >= 0.6 is 11.3 Å². The first-order valence-corrected chi connectivity index (χ1v) is 10.2. The average Bonchev–Trinajstić information content (AvgIpc) is 3.17. The van der Waals surface area contributed by atoms with E-state index in [0.717, 1.165) is 26.7 Å². The maximum absolute atomic E-state index is 12.2. The molecule has 0 amide bonds. The number of methoxy groups -OCH3 is 3. The quantitative estimate of drug-likeness (QED) is 0.421. The van der Waals surface area contributed by atoms with Crippen molar-refractivity contribution in [1.29, 1.82) is 0 Å². The van der Waals surface area contributed by atoms with Crippen LogP contribution in [0.2, 0.25) is 0 Å². The van der Waals surface area contributed by atoms with Crippen molar-refractivity contribution in [2.75, 3.05) is 39.3 Å². The third kappa shape index (κ3) is 4.04. The highest BCUT2D eigenvalue weighted by molar-refractivity contribution is 7.22. The zero-order valence-corrected chi connectivity index (χ0v) is 17.8. The van der Waals surface area contributed by atoms with Crippen LogP contribution in [-0.4, -0.2) is 51.5 Å². The molecule has 0 aliphatic carbocycles. The molecule has 2 heterocycles. The molecule has 8 heteroatoms. The van der Waals surface area contributed by atoms with Crippen molar-refractivity contribution >= 4 is 38.7 Å². The van der Waals surface area contributed by atoms with Gasteiger partial charge in [-0.25, -0.2) is 9.78 Å². The van der Waals surface area contributed by atoms with Crippen LogP contribution < -0.4 is 19.1 Å². The molecule has 1 aliphatic heterocycles. The third-order valence-corrected chi connectivity index (χ3v) is 5.89. The fourth-order valence-corrected chi connectivity index (χ4v) is 4.21. The zero-order valence-electron chi connectivity index (χ0n) is 17.0. The van der Waals surface area contributed by atoms with E-state index in [1.807, 2.05) is 24.3 Å². The summed E-state index contributed by atoms with van der Waals surface area (Å²) in [6.07, 6.45) is 2.97. The fourth-order valence-electron chi connectivity index (χ4n) is 3.20. The second-order valence-corrected chi connectivity index (χ2v) is 7.72. The number of ether oxygens (including phenoxy) is 4. The van der Waals surface area contributed by atoms with Gasteiger partial charge in [0.1, 0.15) is 17.4 Å². The lowest BCUT2D eigenvalue weighted by Gasteiger charge is -2.37. The third-order valence-electron chi connectivity index (χ3n) is 4.81. The number of hydrogen-bond donors (Lipinski definition) is 0. The molecule has 0 atom stereocenters. The zero-order chi connectivity index (χ0) is 21.1. The molecule has 0 saturated carbocycles. The number of rotatable bonds is 7. The maximum Gasteiger partial charge on any atom is 0.331 e. The van der Waals surface area contributed by atoms with E-state index in [2.05, 4.69) is 9.88 Å². The smallest absolute Gasteiger partial charge is 0.331 e. The van der Waals surface area contributed by atoms with Gasteiger partial charge in [-0.15, -0.1) is 0 Å². The van der Waals surface area contributed by atoms with E-state index in [1.165, 1.54) is 6.08 Å². The van der Waals surface area contributed by atoms with E-state index in [4.69, 9.17) is 18.9 Å². The number of aromatic nitrogens is 1. The highest BCUT2D eigenvalue weighted by Crippen LogP contribution is 2.36. The molecular formula is C22H22N2O5S. The Balaban J connectivity index is 1.33. The van der Waals surface area contributed by atoms with E-state index < -0.39 is 0 Å². The maximum atomic E-state index is 12.2. The Morgan fingerprint density at radius 3 is 2.57 bits per heavy atom. The molecule has 0 radical (unpaired) electrons. The fraction of sp³-hybridized carbons (Fsp3) is 0.273. The van der Waals surface area contributed by atoms with Crippen molar-refractivity contribution in [3.8, 4) is 17.2 Å². The van der Waals surface area contributed by atoms with Gasteiger partial charge in [-0.1, -0.05) is 23.5 Å². The highest BCUT2D eigenvalue weighted by atomic mass is 32.1. The van der Waals surface area contributed by atoms with E-state index in [-0.39, 0.29) is 12.1 Å². The first-order chi connectivity index (χ1) is 14.6. The van der Waals surface area contributed by atoms with Crippen molar-refractivity contribution in [2.24, 2.45) is 0 Å². The van der Waals surface area contributed by atoms with Crippen LogP contribution in [0.15, 0.2) is 42.5 Å². The largest absolute Gasteiger partial charge is 0.494 e. The lowest BCUT2D eigenvalue weighted by atomic mass is 10.2. The number of para-hydroxylation sites is 1. The Kier molecular flexibility index (Phi) is 5.76. The van der Waals surface area contributed by atoms with Crippen molar-refractivity contribution < 1.29 is 23.7 Å². The van der Waals surface area contributed by atoms with Crippen LogP contribution in [0.1, 0.15) is 5.56 Å². The van der Waals surface area contributed by atoms with Gasteiger partial charge in [-0.2, -0.15) is 0 Å². The predicted octanol–water partition coefficient (Wildman–Crippen LogP) is 3.77. The molecule has 30 heavy (non-hydrogen) atoms. The lowest BCUT2D eigenvalue weighted by molar-refractivity contribution is -0.143. The van der Waals surface area contributed by atoms with Crippen LogP contribution in [0.4, 0.5) is 5.13 Å². The molecule has 1 fully saturated rings. The number of carbonyl (C=O) groups is 1. The van der Waals surface area contributed by atoms with Crippen LogP contribution in [0.5, 0.6) is 17.2 Å². The van der Waals surface area contributed by atoms with Gasteiger partial charge in [-0.05, 0) is 35.9 Å². The van der Waals surface area contributed by atoms with Gasteiger partial charge < -0.3 is 23.8 Å². The standard InChI is InChI=1S/C22H22N2O5S/c1-26-16-9-7-14(11-18(16)28-3)8-10-20(25)29-15-12-24(13-15)22-23-21-17(27-2)5-4-6-19(21)30-22/h4-11,15H,12-13H2,1-3H3/b10-8+. The topological polar surface area (TPSA) is 70.1 Å². The molecule has 0 spiro atoms. The van der Waals surface area contributed by atoms with Gasteiger partial charge in [0.2, 0.25) is 0 Å². The molecule has 0 N–H and O–H groups in total. The predicted molar refractivity (Wildman–Crippen MR) is 117 cm³/mol. The summed E-state index contributed by atoms with van der Waals surface area (Å²) in [5, 5.41) is 0.905. The van der Waals surface area contributed by atoms with E-state index in [0.29, 0.717) is 24.6 Å². The van der Waals surface area contributed by atoms with E-state index in [1.54, 1.807) is 50.9 Å². The normalized spacial score (nSPS) is 14.0. The summed E-state index contributed by atoms with van der Waals surface area (Å²) in [5.41, 5.74) is 1.68. The number of fused-ring (bicyclic) bond motifs is 1. The van der Waals surface area contributed by atoms with Gasteiger partial charge in [0.05, 0.1) is 39.1 Å². The average molecular weight is 426 g/mol. The number of carbonyl (C=O) groups excluding carboxylic acids is 1. The first kappa shape index (κ1) is 20.0. The summed E-state index contributed by atoms with van der Waals surface area (Å²) < 4.78 is 22.4. The lowest BCUT2D eigenvalue weighted by Crippen LogP contribution is -2.52. The Labute approximate surface area is 178 Å². The molecular weight excluding hydrogens is 404 g/mol. The Bertz CT molecular complexity index is 1090.